The summed E-state index contributed by atoms with van der Waals surface area (Å²) in [7, 11) is 0. The smallest absolute Gasteiger partial charge is 0.320 e. The lowest BCUT2D eigenvalue weighted by atomic mass is 9.96. The highest BCUT2D eigenvalue weighted by Gasteiger charge is 2.30. The van der Waals surface area contributed by atoms with Gasteiger partial charge in [0.25, 0.3) is 0 Å². The van der Waals surface area contributed by atoms with E-state index in [1.165, 1.54) is 23.3 Å². The van der Waals surface area contributed by atoms with Gasteiger partial charge in [-0.25, -0.2) is 9.18 Å². The number of likely N-dealkylation sites (tertiary alicyclic amines) is 1. The van der Waals surface area contributed by atoms with Crippen molar-refractivity contribution in [3.63, 3.8) is 0 Å². The molecule has 182 valence electrons. The highest BCUT2D eigenvalue weighted by Crippen LogP contribution is 2.22. The monoisotopic (exact) mass is 486 g/mol. The minimum atomic E-state index is -0.406. The van der Waals surface area contributed by atoms with Gasteiger partial charge in [-0.1, -0.05) is 47.5 Å². The molecule has 2 aliphatic heterocycles. The summed E-state index contributed by atoms with van der Waals surface area (Å²) in [6, 6.07) is 12.7. The van der Waals surface area contributed by atoms with Gasteiger partial charge in [0.1, 0.15) is 12.4 Å². The van der Waals surface area contributed by atoms with Crippen molar-refractivity contribution >= 4 is 23.5 Å². The molecule has 0 aliphatic carbocycles. The van der Waals surface area contributed by atoms with Gasteiger partial charge in [0.05, 0.1) is 0 Å². The number of rotatable bonds is 8. The summed E-state index contributed by atoms with van der Waals surface area (Å²) in [5, 5.41) is 3.32. The third-order valence-electron chi connectivity index (χ3n) is 6.71. The van der Waals surface area contributed by atoms with Gasteiger partial charge in [0.2, 0.25) is 5.91 Å². The lowest BCUT2D eigenvalue weighted by Gasteiger charge is -2.32. The molecule has 34 heavy (non-hydrogen) atoms. The highest BCUT2D eigenvalue weighted by molar-refractivity contribution is 6.31. The van der Waals surface area contributed by atoms with Gasteiger partial charge in [-0.3, -0.25) is 9.69 Å². The van der Waals surface area contributed by atoms with Crippen LogP contribution in [0.25, 0.3) is 0 Å². The normalized spacial score (nSPS) is 17.4. The maximum absolute atomic E-state index is 13.3. The van der Waals surface area contributed by atoms with Gasteiger partial charge < -0.3 is 15.1 Å². The lowest BCUT2D eigenvalue weighted by molar-refractivity contribution is -0.121. The van der Waals surface area contributed by atoms with Crippen LogP contribution < -0.4 is 5.32 Å². The largest absolute Gasteiger partial charge is 0.354 e. The Hall–Kier alpha value is -2.64. The van der Waals surface area contributed by atoms with E-state index in [1.807, 2.05) is 0 Å². The molecule has 6 nitrogen and oxygen atoms in total. The zero-order chi connectivity index (χ0) is 24.1. The van der Waals surface area contributed by atoms with Crippen LogP contribution in [0.5, 0.6) is 0 Å². The molecule has 2 aromatic rings. The summed E-state index contributed by atoms with van der Waals surface area (Å²) in [4.78, 5) is 30.8. The number of amides is 3. The molecule has 3 amide bonds. The fourth-order valence-electron chi connectivity index (χ4n) is 4.57. The first kappa shape index (κ1) is 24.5. The number of piperidine rings is 1. The molecule has 2 aromatic carbocycles. The Balaban J connectivity index is 1.16. The van der Waals surface area contributed by atoms with Gasteiger partial charge >= 0.3 is 6.03 Å². The van der Waals surface area contributed by atoms with Crippen LogP contribution in [-0.4, -0.2) is 65.9 Å². The summed E-state index contributed by atoms with van der Waals surface area (Å²) >= 11 is 6.09. The van der Waals surface area contributed by atoms with Crippen LogP contribution in [0.2, 0.25) is 5.02 Å². The molecule has 8 heteroatoms. The van der Waals surface area contributed by atoms with Crippen LogP contribution in [0.1, 0.15) is 29.5 Å². The molecule has 2 aliphatic rings. The Kier molecular flexibility index (Phi) is 8.06. The van der Waals surface area contributed by atoms with E-state index in [0.29, 0.717) is 42.7 Å². The Labute approximate surface area is 205 Å². The molecule has 0 saturated carbocycles. The van der Waals surface area contributed by atoms with Crippen LogP contribution in [0.3, 0.4) is 0 Å². The first-order valence-corrected chi connectivity index (χ1v) is 12.3. The summed E-state index contributed by atoms with van der Waals surface area (Å²) in [6.07, 6.45) is 2.11. The molecule has 1 N–H and O–H groups in total. The van der Waals surface area contributed by atoms with E-state index in [1.54, 1.807) is 15.9 Å². The molecule has 2 saturated heterocycles. The Bertz CT molecular complexity index is 1010. The van der Waals surface area contributed by atoms with Gasteiger partial charge in [0.15, 0.2) is 0 Å². The number of hydrogen-bond donors (Lipinski definition) is 1. The van der Waals surface area contributed by atoms with Gasteiger partial charge in [-0.2, -0.15) is 0 Å². The summed E-state index contributed by atoms with van der Waals surface area (Å²) < 4.78 is 13.3. The Morgan fingerprint density at radius 3 is 2.44 bits per heavy atom. The molecule has 0 unspecified atom stereocenters. The molecule has 2 fully saturated rings. The minimum absolute atomic E-state index is 0.0543. The first-order valence-electron chi connectivity index (χ1n) is 11.9. The van der Waals surface area contributed by atoms with Gasteiger partial charge in [-0.15, -0.1) is 0 Å². The number of aryl methyl sites for hydroxylation is 1. The van der Waals surface area contributed by atoms with Crippen LogP contribution in [-0.2, 0) is 17.9 Å². The molecule has 0 atom stereocenters. The van der Waals surface area contributed by atoms with Crippen molar-refractivity contribution in [1.29, 1.82) is 0 Å². The molecule has 2 heterocycles. The average molecular weight is 487 g/mol. The van der Waals surface area contributed by atoms with E-state index in [2.05, 4.69) is 41.4 Å². The first-order chi connectivity index (χ1) is 16.4. The van der Waals surface area contributed by atoms with Crippen molar-refractivity contribution in [3.8, 4) is 0 Å². The van der Waals surface area contributed by atoms with E-state index in [0.717, 1.165) is 32.5 Å². The number of nitrogens with zero attached hydrogens (tertiary/aromatic N) is 3. The number of nitrogens with one attached hydrogen (secondary N) is 1. The Morgan fingerprint density at radius 2 is 1.74 bits per heavy atom. The van der Waals surface area contributed by atoms with Crippen molar-refractivity contribution in [2.45, 2.75) is 32.9 Å². The third kappa shape index (κ3) is 6.48. The second kappa shape index (κ2) is 11.2. The molecule has 0 aromatic heterocycles. The van der Waals surface area contributed by atoms with E-state index in [-0.39, 0.29) is 18.5 Å². The third-order valence-corrected chi connectivity index (χ3v) is 7.07. The molecule has 0 bridgehead atoms. The van der Waals surface area contributed by atoms with Crippen LogP contribution in [0.4, 0.5) is 9.18 Å². The number of carbonyl (C=O) groups excluding carboxylic acids is 2. The predicted molar refractivity (Wildman–Crippen MR) is 131 cm³/mol. The quantitative estimate of drug-likeness (QED) is 0.612. The molecule has 0 radical (unpaired) electrons. The van der Waals surface area contributed by atoms with Crippen molar-refractivity contribution in [2.24, 2.45) is 5.92 Å². The molecule has 0 spiro atoms. The maximum Gasteiger partial charge on any atom is 0.320 e. The predicted octanol–water partition coefficient (Wildman–Crippen LogP) is 4.05. The molecular formula is C26H32ClFN4O2. The van der Waals surface area contributed by atoms with Crippen molar-refractivity contribution < 1.29 is 14.0 Å². The van der Waals surface area contributed by atoms with Crippen molar-refractivity contribution in [3.05, 3.63) is 70.0 Å². The summed E-state index contributed by atoms with van der Waals surface area (Å²) in [5.74, 6) is -0.0709. The number of halogens is 2. The Morgan fingerprint density at radius 1 is 1.03 bits per heavy atom. The second-order valence-corrected chi connectivity index (χ2v) is 9.78. The summed E-state index contributed by atoms with van der Waals surface area (Å²) in [6.45, 7) is 7.13. The molecular weight excluding hydrogens is 455 g/mol. The van der Waals surface area contributed by atoms with Gasteiger partial charge in [0, 0.05) is 37.7 Å². The van der Waals surface area contributed by atoms with Gasteiger partial charge in [-0.05, 0) is 62.0 Å². The summed E-state index contributed by atoms with van der Waals surface area (Å²) in [5.41, 5.74) is 3.30. The fraction of sp³-hybridized carbons (Fsp3) is 0.462. The van der Waals surface area contributed by atoms with Crippen LogP contribution in [0.15, 0.2) is 42.5 Å². The zero-order valence-corrected chi connectivity index (χ0v) is 20.4. The lowest BCUT2D eigenvalue weighted by Crippen LogP contribution is -2.43. The zero-order valence-electron chi connectivity index (χ0n) is 19.6. The SMILES string of the molecule is Cc1ccc(CN2CCC(CNC(=O)CN3CCN(Cc4ccc(F)cc4Cl)C3=O)CC2)cc1. The average Bonchev–Trinajstić information content (AvgIpc) is 3.15. The highest BCUT2D eigenvalue weighted by atomic mass is 35.5. The van der Waals surface area contributed by atoms with E-state index in [9.17, 15) is 14.0 Å². The van der Waals surface area contributed by atoms with Crippen molar-refractivity contribution in [1.82, 2.24) is 20.0 Å². The van der Waals surface area contributed by atoms with Crippen LogP contribution in [0, 0.1) is 18.7 Å². The van der Waals surface area contributed by atoms with Crippen molar-refractivity contribution in [2.75, 3.05) is 39.3 Å². The number of benzene rings is 2. The maximum atomic E-state index is 13.3. The fourth-order valence-corrected chi connectivity index (χ4v) is 4.80. The van der Waals surface area contributed by atoms with Crippen LogP contribution >= 0.6 is 11.6 Å². The minimum Gasteiger partial charge on any atom is -0.354 e. The van der Waals surface area contributed by atoms with E-state index in [4.69, 9.17) is 11.6 Å². The van der Waals surface area contributed by atoms with E-state index >= 15 is 0 Å². The number of urea groups is 1. The molecule has 4 rings (SSSR count). The number of carbonyl (C=O) groups is 2. The number of hydrogen-bond acceptors (Lipinski definition) is 3. The topological polar surface area (TPSA) is 55.9 Å². The standard InChI is InChI=1S/C26H32ClFN4O2/c1-19-2-4-21(5-3-19)16-30-10-8-20(9-11-30)15-29-25(33)18-32-13-12-31(26(32)34)17-22-6-7-23(28)14-24(22)27/h2-7,14,20H,8-13,15-18H2,1H3,(H,29,33). The van der Waals surface area contributed by atoms with E-state index < -0.39 is 5.82 Å². The second-order valence-electron chi connectivity index (χ2n) is 9.37.